The molecule has 0 radical (unpaired) electrons. The fourth-order valence-corrected chi connectivity index (χ4v) is 4.00. The monoisotopic (exact) mass is 423 g/mol. The summed E-state index contributed by atoms with van der Waals surface area (Å²) in [5.41, 5.74) is 1.30. The number of amides is 2. The minimum Gasteiger partial charge on any atom is -0.484 e. The number of carbonyl (C=O) groups is 2. The van der Waals surface area contributed by atoms with E-state index < -0.39 is 6.10 Å². The number of anilines is 2. The van der Waals surface area contributed by atoms with Gasteiger partial charge in [-0.3, -0.25) is 9.59 Å². The maximum Gasteiger partial charge on any atom is 0.267 e. The first-order valence-corrected chi connectivity index (χ1v) is 10.9. The Morgan fingerprint density at radius 2 is 1.87 bits per heavy atom. The van der Waals surface area contributed by atoms with Crippen LogP contribution in [-0.4, -0.2) is 55.6 Å². The second kappa shape index (κ2) is 9.83. The van der Waals surface area contributed by atoms with E-state index in [9.17, 15) is 9.59 Å². The third-order valence-corrected chi connectivity index (χ3v) is 5.65. The lowest BCUT2D eigenvalue weighted by atomic mass is 10.1. The Bertz CT molecular complexity index is 912. The molecule has 0 saturated carbocycles. The smallest absolute Gasteiger partial charge is 0.267 e. The molecule has 164 valence electrons. The molecule has 7 nitrogen and oxygen atoms in total. The molecule has 31 heavy (non-hydrogen) atoms. The first-order valence-electron chi connectivity index (χ1n) is 10.9. The molecule has 1 atom stereocenters. The highest BCUT2D eigenvalue weighted by Crippen LogP contribution is 2.36. The van der Waals surface area contributed by atoms with Crippen LogP contribution in [-0.2, 0) is 9.59 Å². The number of carbonyl (C=O) groups excluding carboxylic acids is 2. The molecule has 2 aliphatic heterocycles. The van der Waals surface area contributed by atoms with Gasteiger partial charge in [0.1, 0.15) is 11.5 Å². The molecule has 1 fully saturated rings. The van der Waals surface area contributed by atoms with Crippen molar-refractivity contribution in [1.82, 2.24) is 4.90 Å². The summed E-state index contributed by atoms with van der Waals surface area (Å²) in [5, 5.41) is 2.85. The Balaban J connectivity index is 1.42. The summed E-state index contributed by atoms with van der Waals surface area (Å²) in [4.78, 5) is 29.3. The van der Waals surface area contributed by atoms with Gasteiger partial charge in [0, 0.05) is 18.8 Å². The lowest BCUT2D eigenvalue weighted by Gasteiger charge is -2.35. The summed E-state index contributed by atoms with van der Waals surface area (Å²) in [7, 11) is 0. The maximum atomic E-state index is 12.8. The number of nitrogens with one attached hydrogen (secondary N) is 1. The van der Waals surface area contributed by atoms with Gasteiger partial charge >= 0.3 is 0 Å². The van der Waals surface area contributed by atoms with E-state index in [0.29, 0.717) is 29.4 Å². The van der Waals surface area contributed by atoms with Gasteiger partial charge in [-0.25, -0.2) is 0 Å². The molecule has 0 bridgehead atoms. The van der Waals surface area contributed by atoms with Crippen LogP contribution in [0.25, 0.3) is 0 Å². The Labute approximate surface area is 182 Å². The van der Waals surface area contributed by atoms with E-state index >= 15 is 0 Å². The SMILES string of the molecule is CC1Oc2ccc(NC(=O)COc3ccccc3)cc2N(CCN2CCCCC2)C1=O. The Morgan fingerprint density at radius 3 is 2.65 bits per heavy atom. The standard InChI is InChI=1S/C24H29N3O4/c1-18-24(29)27(15-14-26-12-6-3-7-13-26)21-16-19(10-11-22(21)31-18)25-23(28)17-30-20-8-4-2-5-9-20/h2,4-5,8-11,16,18H,3,6-7,12-15,17H2,1H3,(H,25,28). The molecule has 4 rings (SSSR count). The summed E-state index contributed by atoms with van der Waals surface area (Å²) in [5.74, 6) is 0.977. The minimum absolute atomic E-state index is 0.0552. The van der Waals surface area contributed by atoms with Crippen LogP contribution in [0.5, 0.6) is 11.5 Å². The molecule has 2 amide bonds. The third-order valence-electron chi connectivity index (χ3n) is 5.65. The fraction of sp³-hybridized carbons (Fsp3) is 0.417. The van der Waals surface area contributed by atoms with E-state index in [2.05, 4.69) is 10.2 Å². The van der Waals surface area contributed by atoms with Gasteiger partial charge in [-0.2, -0.15) is 0 Å². The molecule has 0 aromatic heterocycles. The Kier molecular flexibility index (Phi) is 6.72. The van der Waals surface area contributed by atoms with Crippen molar-refractivity contribution in [2.75, 3.05) is 43.0 Å². The zero-order valence-electron chi connectivity index (χ0n) is 17.9. The molecule has 1 unspecified atom stereocenters. The Hall–Kier alpha value is -3.06. The van der Waals surface area contributed by atoms with Crippen molar-refractivity contribution < 1.29 is 19.1 Å². The van der Waals surface area contributed by atoms with Crippen LogP contribution >= 0.6 is 0 Å². The van der Waals surface area contributed by atoms with Crippen molar-refractivity contribution in [3.8, 4) is 11.5 Å². The van der Waals surface area contributed by atoms with Crippen molar-refractivity contribution in [2.24, 2.45) is 0 Å². The normalized spacial score (nSPS) is 18.8. The fourth-order valence-electron chi connectivity index (χ4n) is 4.00. The summed E-state index contributed by atoms with van der Waals surface area (Å²) < 4.78 is 11.3. The number of rotatable bonds is 7. The predicted molar refractivity (Wildman–Crippen MR) is 120 cm³/mol. The first-order chi connectivity index (χ1) is 15.1. The Morgan fingerprint density at radius 1 is 1.10 bits per heavy atom. The average molecular weight is 424 g/mol. The molecule has 2 aromatic carbocycles. The van der Waals surface area contributed by atoms with Crippen LogP contribution in [0.3, 0.4) is 0 Å². The average Bonchev–Trinajstić information content (AvgIpc) is 2.80. The number of fused-ring (bicyclic) bond motifs is 1. The van der Waals surface area contributed by atoms with Gasteiger partial charge < -0.3 is 24.6 Å². The second-order valence-electron chi connectivity index (χ2n) is 7.98. The largest absolute Gasteiger partial charge is 0.484 e. The van der Waals surface area contributed by atoms with Gasteiger partial charge in [0.25, 0.3) is 11.8 Å². The zero-order valence-corrected chi connectivity index (χ0v) is 17.9. The third kappa shape index (κ3) is 5.35. The number of likely N-dealkylation sites (tertiary alicyclic amines) is 1. The van der Waals surface area contributed by atoms with E-state index in [1.165, 1.54) is 19.3 Å². The summed E-state index contributed by atoms with van der Waals surface area (Å²) in [6, 6.07) is 14.6. The van der Waals surface area contributed by atoms with Gasteiger partial charge in [0.15, 0.2) is 12.7 Å². The van der Waals surface area contributed by atoms with Gasteiger partial charge in [0.2, 0.25) is 0 Å². The summed E-state index contributed by atoms with van der Waals surface area (Å²) >= 11 is 0. The zero-order chi connectivity index (χ0) is 21.6. The number of hydrogen-bond acceptors (Lipinski definition) is 5. The van der Waals surface area contributed by atoms with Crippen molar-refractivity contribution in [2.45, 2.75) is 32.3 Å². The number of para-hydroxylation sites is 1. The first kappa shape index (κ1) is 21.2. The molecule has 2 aliphatic rings. The topological polar surface area (TPSA) is 71.1 Å². The maximum absolute atomic E-state index is 12.8. The van der Waals surface area contributed by atoms with Crippen LogP contribution in [0.15, 0.2) is 48.5 Å². The molecule has 2 aromatic rings. The van der Waals surface area contributed by atoms with Gasteiger partial charge in [0.05, 0.1) is 5.69 Å². The van der Waals surface area contributed by atoms with Crippen molar-refractivity contribution in [3.05, 3.63) is 48.5 Å². The molecule has 0 aliphatic carbocycles. The van der Waals surface area contributed by atoms with E-state index in [1.54, 1.807) is 42.2 Å². The predicted octanol–water partition coefficient (Wildman–Crippen LogP) is 3.30. The molecule has 1 N–H and O–H groups in total. The van der Waals surface area contributed by atoms with Gasteiger partial charge in [-0.15, -0.1) is 0 Å². The summed E-state index contributed by atoms with van der Waals surface area (Å²) in [6.45, 7) is 5.28. The van der Waals surface area contributed by atoms with Gasteiger partial charge in [-0.05, 0) is 63.2 Å². The lowest BCUT2D eigenvalue weighted by molar-refractivity contribution is -0.125. The number of hydrogen-bond donors (Lipinski definition) is 1. The molecule has 2 heterocycles. The second-order valence-corrected chi connectivity index (χ2v) is 7.98. The number of piperidine rings is 1. The highest BCUT2D eigenvalue weighted by molar-refractivity contribution is 6.01. The van der Waals surface area contributed by atoms with Crippen LogP contribution < -0.4 is 19.7 Å². The van der Waals surface area contributed by atoms with Crippen molar-refractivity contribution in [3.63, 3.8) is 0 Å². The van der Waals surface area contributed by atoms with E-state index in [-0.39, 0.29) is 18.4 Å². The van der Waals surface area contributed by atoms with Crippen molar-refractivity contribution >= 4 is 23.2 Å². The molecule has 0 spiro atoms. The van der Waals surface area contributed by atoms with Crippen molar-refractivity contribution in [1.29, 1.82) is 0 Å². The lowest BCUT2D eigenvalue weighted by Crippen LogP contribution is -2.48. The van der Waals surface area contributed by atoms with Crippen LogP contribution in [0.2, 0.25) is 0 Å². The minimum atomic E-state index is -0.520. The van der Waals surface area contributed by atoms with Crippen LogP contribution in [0.4, 0.5) is 11.4 Å². The highest BCUT2D eigenvalue weighted by Gasteiger charge is 2.32. The highest BCUT2D eigenvalue weighted by atomic mass is 16.5. The number of benzene rings is 2. The van der Waals surface area contributed by atoms with Crippen LogP contribution in [0.1, 0.15) is 26.2 Å². The van der Waals surface area contributed by atoms with Gasteiger partial charge in [-0.1, -0.05) is 24.6 Å². The number of nitrogens with zero attached hydrogens (tertiary/aromatic N) is 2. The van der Waals surface area contributed by atoms with E-state index in [4.69, 9.17) is 9.47 Å². The molecule has 7 heteroatoms. The van der Waals surface area contributed by atoms with Crippen LogP contribution in [0, 0.1) is 0 Å². The van der Waals surface area contributed by atoms with E-state index in [0.717, 1.165) is 19.6 Å². The summed E-state index contributed by atoms with van der Waals surface area (Å²) in [6.07, 6.45) is 3.19. The quantitative estimate of drug-likeness (QED) is 0.740. The molecular weight excluding hydrogens is 394 g/mol. The molecule has 1 saturated heterocycles. The van der Waals surface area contributed by atoms with E-state index in [1.807, 2.05) is 18.2 Å². The number of ether oxygens (including phenoxy) is 2. The molecular formula is C24H29N3O4.